The molecule has 1 atom stereocenters. The van der Waals surface area contributed by atoms with Crippen LogP contribution in [0.4, 0.5) is 0 Å². The van der Waals surface area contributed by atoms with Crippen molar-refractivity contribution in [2.75, 3.05) is 0 Å². The van der Waals surface area contributed by atoms with E-state index in [-0.39, 0.29) is 0 Å². The first-order chi connectivity index (χ1) is 6.40. The summed E-state index contributed by atoms with van der Waals surface area (Å²) in [5.41, 5.74) is 0. The molecule has 0 radical (unpaired) electrons. The van der Waals surface area contributed by atoms with Gasteiger partial charge >= 0.3 is 0 Å². The third-order valence-corrected chi connectivity index (χ3v) is 10.4. The standard InChI is InChI=1S/C9H22O3SSi2/c1-8-9(14(2,3)4)13(10,11)12-15(5,6)7/h8-9H,1H2,2-7H3. The third-order valence-electron chi connectivity index (χ3n) is 1.74. The van der Waals surface area contributed by atoms with Crippen LogP contribution in [0.1, 0.15) is 0 Å². The summed E-state index contributed by atoms with van der Waals surface area (Å²) in [6, 6.07) is 0. The van der Waals surface area contributed by atoms with Crippen LogP contribution in [0.15, 0.2) is 12.7 Å². The molecule has 0 saturated carbocycles. The lowest BCUT2D eigenvalue weighted by atomic mass is 10.7. The van der Waals surface area contributed by atoms with E-state index >= 15 is 0 Å². The SMILES string of the molecule is C=CC([Si](C)(C)C)S(=O)(=O)O[Si](C)(C)C. The molecule has 0 saturated heterocycles. The van der Waals surface area contributed by atoms with Gasteiger partial charge in [-0.05, 0) is 19.6 Å². The van der Waals surface area contributed by atoms with E-state index in [0.717, 1.165) is 0 Å². The van der Waals surface area contributed by atoms with Crippen LogP contribution in [0.5, 0.6) is 0 Å². The predicted octanol–water partition coefficient (Wildman–Crippen LogP) is 2.60. The summed E-state index contributed by atoms with van der Waals surface area (Å²) in [5, 5.41) is 0. The van der Waals surface area contributed by atoms with Crippen molar-refractivity contribution in [2.45, 2.75) is 44.2 Å². The van der Waals surface area contributed by atoms with E-state index in [1.54, 1.807) is 0 Å². The molecular weight excluding hydrogens is 244 g/mol. The first-order valence-corrected chi connectivity index (χ1v) is 13.4. The highest BCUT2D eigenvalue weighted by atomic mass is 32.2. The van der Waals surface area contributed by atoms with Gasteiger partial charge in [0, 0.05) is 0 Å². The number of rotatable bonds is 5. The quantitative estimate of drug-likeness (QED) is 0.567. The van der Waals surface area contributed by atoms with Gasteiger partial charge in [0.25, 0.3) is 10.1 Å². The van der Waals surface area contributed by atoms with E-state index in [1.807, 2.05) is 39.3 Å². The molecule has 0 rings (SSSR count). The van der Waals surface area contributed by atoms with Crippen molar-refractivity contribution in [1.29, 1.82) is 0 Å². The largest absolute Gasteiger partial charge is 0.315 e. The van der Waals surface area contributed by atoms with Gasteiger partial charge in [-0.1, -0.05) is 25.7 Å². The summed E-state index contributed by atoms with van der Waals surface area (Å²) in [4.78, 5) is -0.517. The Morgan fingerprint density at radius 3 is 1.73 bits per heavy atom. The molecule has 1 unspecified atom stereocenters. The molecule has 0 aliphatic carbocycles. The molecular formula is C9H22O3SSi2. The van der Waals surface area contributed by atoms with E-state index < -0.39 is 31.4 Å². The average molecular weight is 267 g/mol. The van der Waals surface area contributed by atoms with Gasteiger partial charge in [0.1, 0.15) is 0 Å². The molecule has 6 heteroatoms. The first-order valence-electron chi connectivity index (χ1n) is 4.97. The smallest absolute Gasteiger partial charge is 0.261 e. The number of hydrogen-bond acceptors (Lipinski definition) is 3. The van der Waals surface area contributed by atoms with Crippen LogP contribution >= 0.6 is 0 Å². The molecule has 0 heterocycles. The zero-order chi connectivity index (χ0) is 12.5. The Kier molecular flexibility index (Phi) is 4.55. The van der Waals surface area contributed by atoms with Crippen LogP contribution in [0.3, 0.4) is 0 Å². The van der Waals surface area contributed by atoms with Gasteiger partial charge in [-0.15, -0.1) is 6.58 Å². The normalized spacial score (nSPS) is 16.1. The fourth-order valence-electron chi connectivity index (χ4n) is 1.30. The van der Waals surface area contributed by atoms with Gasteiger partial charge < -0.3 is 3.87 Å². The zero-order valence-corrected chi connectivity index (χ0v) is 13.3. The Balaban J connectivity index is 5.10. The third kappa shape index (κ3) is 5.10. The Morgan fingerprint density at radius 2 is 1.53 bits per heavy atom. The Labute approximate surface area is 95.8 Å². The lowest BCUT2D eigenvalue weighted by Gasteiger charge is -2.28. The molecule has 3 nitrogen and oxygen atoms in total. The lowest BCUT2D eigenvalue weighted by molar-refractivity contribution is 0.485. The average Bonchev–Trinajstić information content (AvgIpc) is 1.75. The van der Waals surface area contributed by atoms with Gasteiger partial charge in [-0.3, -0.25) is 0 Å². The van der Waals surface area contributed by atoms with Crippen LogP contribution in [0, 0.1) is 0 Å². The molecule has 0 aliphatic heterocycles. The molecule has 0 fully saturated rings. The Hall–Kier alpha value is 0.0838. The minimum Gasteiger partial charge on any atom is -0.315 e. The lowest BCUT2D eigenvalue weighted by Crippen LogP contribution is -2.46. The topological polar surface area (TPSA) is 43.4 Å². The summed E-state index contributed by atoms with van der Waals surface area (Å²) in [7, 11) is -7.38. The summed E-state index contributed by atoms with van der Waals surface area (Å²) in [6.07, 6.45) is 1.52. The van der Waals surface area contributed by atoms with E-state index in [0.29, 0.717) is 0 Å². The maximum atomic E-state index is 12.0. The molecule has 15 heavy (non-hydrogen) atoms. The second-order valence-corrected chi connectivity index (χ2v) is 17.9. The fraction of sp³-hybridized carbons (Fsp3) is 0.778. The van der Waals surface area contributed by atoms with Crippen molar-refractivity contribution < 1.29 is 12.3 Å². The maximum Gasteiger partial charge on any atom is 0.261 e. The minimum atomic E-state index is -3.48. The summed E-state index contributed by atoms with van der Waals surface area (Å²) in [6.45, 7) is 15.2. The second kappa shape index (κ2) is 4.52. The van der Waals surface area contributed by atoms with E-state index in [4.69, 9.17) is 3.87 Å². The van der Waals surface area contributed by atoms with Gasteiger partial charge in [0.05, 0.1) is 12.9 Å². The Morgan fingerprint density at radius 1 is 1.13 bits per heavy atom. The van der Waals surface area contributed by atoms with Crippen LogP contribution in [-0.2, 0) is 14.0 Å². The van der Waals surface area contributed by atoms with E-state index in [1.165, 1.54) is 6.08 Å². The van der Waals surface area contributed by atoms with Crippen LogP contribution in [0.25, 0.3) is 0 Å². The van der Waals surface area contributed by atoms with Crippen molar-refractivity contribution in [3.05, 3.63) is 12.7 Å². The molecule has 0 aromatic carbocycles. The maximum absolute atomic E-state index is 12.0. The minimum absolute atomic E-state index is 0.517. The monoisotopic (exact) mass is 266 g/mol. The molecule has 0 amide bonds. The van der Waals surface area contributed by atoms with Crippen LogP contribution in [0.2, 0.25) is 39.3 Å². The van der Waals surface area contributed by atoms with E-state index in [9.17, 15) is 8.42 Å². The molecule has 90 valence electrons. The highest BCUT2D eigenvalue weighted by Gasteiger charge is 2.38. The molecule has 0 aromatic rings. The van der Waals surface area contributed by atoms with E-state index in [2.05, 4.69) is 6.58 Å². The van der Waals surface area contributed by atoms with Crippen molar-refractivity contribution >= 4 is 26.5 Å². The first kappa shape index (κ1) is 15.1. The summed E-state index contributed by atoms with van der Waals surface area (Å²) >= 11 is 0. The van der Waals surface area contributed by atoms with Gasteiger partial charge in [-0.2, -0.15) is 0 Å². The molecule has 0 aliphatic rings. The molecule has 0 N–H and O–H groups in total. The molecule has 0 aromatic heterocycles. The summed E-state index contributed by atoms with van der Waals surface area (Å²) < 4.78 is 29.3. The number of hydrogen-bond donors (Lipinski definition) is 0. The van der Waals surface area contributed by atoms with Crippen molar-refractivity contribution in [1.82, 2.24) is 0 Å². The molecule has 0 bridgehead atoms. The van der Waals surface area contributed by atoms with Crippen molar-refractivity contribution in [3.63, 3.8) is 0 Å². The van der Waals surface area contributed by atoms with Crippen LogP contribution < -0.4 is 0 Å². The zero-order valence-electron chi connectivity index (χ0n) is 10.5. The van der Waals surface area contributed by atoms with Crippen molar-refractivity contribution in [2.24, 2.45) is 0 Å². The second-order valence-electron chi connectivity index (χ2n) is 5.71. The highest BCUT2D eigenvalue weighted by Crippen LogP contribution is 2.21. The van der Waals surface area contributed by atoms with Gasteiger partial charge in [0.2, 0.25) is 8.32 Å². The molecule has 0 spiro atoms. The van der Waals surface area contributed by atoms with Crippen LogP contribution in [-0.4, -0.2) is 29.7 Å². The Bertz CT molecular complexity index is 322. The van der Waals surface area contributed by atoms with Gasteiger partial charge in [0.15, 0.2) is 0 Å². The van der Waals surface area contributed by atoms with Gasteiger partial charge in [-0.25, -0.2) is 8.42 Å². The summed E-state index contributed by atoms with van der Waals surface area (Å²) in [5.74, 6) is 0. The van der Waals surface area contributed by atoms with Crippen molar-refractivity contribution in [3.8, 4) is 0 Å². The predicted molar refractivity (Wildman–Crippen MR) is 70.7 cm³/mol. The fourth-order valence-corrected chi connectivity index (χ4v) is 9.35. The highest BCUT2D eigenvalue weighted by molar-refractivity contribution is 7.90.